The highest BCUT2D eigenvalue weighted by Crippen LogP contribution is 2.38. The molecule has 1 saturated carbocycles. The lowest BCUT2D eigenvalue weighted by Crippen LogP contribution is -2.45. The highest BCUT2D eigenvalue weighted by molar-refractivity contribution is 5.73. The van der Waals surface area contributed by atoms with Crippen molar-refractivity contribution < 1.29 is 9.53 Å². The number of ether oxygens (including phenoxy) is 1. The first kappa shape index (κ1) is 10.9. The van der Waals surface area contributed by atoms with Gasteiger partial charge in [0.2, 0.25) is 0 Å². The molecule has 0 aromatic rings. The number of carbonyl (C=O) groups excluding carboxylic acids is 1. The van der Waals surface area contributed by atoms with E-state index in [0.717, 1.165) is 25.4 Å². The van der Waals surface area contributed by atoms with E-state index in [2.05, 4.69) is 5.32 Å². The molecule has 3 atom stereocenters. The van der Waals surface area contributed by atoms with Crippen LogP contribution in [0.2, 0.25) is 0 Å². The molecular formula is C12H21NO2. The van der Waals surface area contributed by atoms with E-state index >= 15 is 0 Å². The molecule has 3 unspecified atom stereocenters. The summed E-state index contributed by atoms with van der Waals surface area (Å²) < 4.78 is 5.16. The van der Waals surface area contributed by atoms with Gasteiger partial charge in [-0.15, -0.1) is 0 Å². The van der Waals surface area contributed by atoms with Crippen LogP contribution in [0.25, 0.3) is 0 Å². The minimum absolute atomic E-state index is 0.0379. The molecule has 0 aromatic carbocycles. The summed E-state index contributed by atoms with van der Waals surface area (Å²) in [6.07, 6.45) is 4.77. The lowest BCUT2D eigenvalue weighted by Gasteiger charge is -2.40. The van der Waals surface area contributed by atoms with Crippen LogP contribution >= 0.6 is 0 Å². The second kappa shape index (κ2) is 4.97. The molecule has 1 heterocycles. The van der Waals surface area contributed by atoms with E-state index in [9.17, 15) is 4.79 Å². The van der Waals surface area contributed by atoms with Crippen LogP contribution in [0.5, 0.6) is 0 Å². The molecule has 2 fully saturated rings. The third kappa shape index (κ3) is 2.33. The molecule has 15 heavy (non-hydrogen) atoms. The number of carbonyl (C=O) groups is 1. The van der Waals surface area contributed by atoms with Crippen molar-refractivity contribution >= 4 is 5.97 Å². The fourth-order valence-electron chi connectivity index (χ4n) is 3.12. The molecule has 0 bridgehead atoms. The zero-order valence-electron chi connectivity index (χ0n) is 9.50. The summed E-state index contributed by atoms with van der Waals surface area (Å²) in [5.41, 5.74) is 0. The standard InChI is InChI=1S/C12H21NO2/c1-2-15-12(14)10-5-3-4-9-6-7-13-8-11(9)10/h9-11,13H,2-8H2,1H3. The molecular weight excluding hydrogens is 190 g/mol. The Kier molecular flexibility index (Phi) is 3.62. The largest absolute Gasteiger partial charge is 0.466 e. The van der Waals surface area contributed by atoms with Gasteiger partial charge in [-0.1, -0.05) is 12.8 Å². The monoisotopic (exact) mass is 211 g/mol. The second-order valence-corrected chi connectivity index (χ2v) is 4.71. The molecule has 2 aliphatic rings. The first-order chi connectivity index (χ1) is 7.33. The Morgan fingerprint density at radius 1 is 1.40 bits per heavy atom. The van der Waals surface area contributed by atoms with E-state index in [-0.39, 0.29) is 11.9 Å². The number of esters is 1. The molecule has 0 amide bonds. The fourth-order valence-corrected chi connectivity index (χ4v) is 3.12. The second-order valence-electron chi connectivity index (χ2n) is 4.71. The summed E-state index contributed by atoms with van der Waals surface area (Å²) in [5.74, 6) is 1.49. The van der Waals surface area contributed by atoms with Gasteiger partial charge in [0.05, 0.1) is 12.5 Å². The predicted molar refractivity (Wildman–Crippen MR) is 58.4 cm³/mol. The molecule has 1 aliphatic heterocycles. The zero-order valence-corrected chi connectivity index (χ0v) is 9.50. The molecule has 1 saturated heterocycles. The van der Waals surface area contributed by atoms with Crippen molar-refractivity contribution in [1.29, 1.82) is 0 Å². The number of hydrogen-bond acceptors (Lipinski definition) is 3. The molecule has 86 valence electrons. The number of rotatable bonds is 2. The van der Waals surface area contributed by atoms with E-state index in [1.165, 1.54) is 19.3 Å². The van der Waals surface area contributed by atoms with Gasteiger partial charge in [0.15, 0.2) is 0 Å². The molecule has 0 spiro atoms. The van der Waals surface area contributed by atoms with E-state index in [4.69, 9.17) is 4.74 Å². The third-order valence-corrected chi connectivity index (χ3v) is 3.87. The molecule has 0 aromatic heterocycles. The van der Waals surface area contributed by atoms with E-state index < -0.39 is 0 Å². The van der Waals surface area contributed by atoms with Gasteiger partial charge < -0.3 is 10.1 Å². The average Bonchev–Trinajstić information content (AvgIpc) is 2.28. The van der Waals surface area contributed by atoms with Gasteiger partial charge in [-0.25, -0.2) is 0 Å². The Morgan fingerprint density at radius 2 is 2.27 bits per heavy atom. The van der Waals surface area contributed by atoms with Crippen LogP contribution in [0, 0.1) is 17.8 Å². The van der Waals surface area contributed by atoms with Crippen molar-refractivity contribution in [2.24, 2.45) is 17.8 Å². The Bertz CT molecular complexity index is 228. The van der Waals surface area contributed by atoms with Gasteiger partial charge in [0.25, 0.3) is 0 Å². The minimum Gasteiger partial charge on any atom is -0.466 e. The lowest BCUT2D eigenvalue weighted by atomic mass is 9.69. The number of fused-ring (bicyclic) bond motifs is 1. The highest BCUT2D eigenvalue weighted by Gasteiger charge is 2.39. The zero-order chi connectivity index (χ0) is 10.7. The summed E-state index contributed by atoms with van der Waals surface area (Å²) in [6, 6.07) is 0. The fraction of sp³-hybridized carbons (Fsp3) is 0.917. The molecule has 1 aliphatic carbocycles. The van der Waals surface area contributed by atoms with Crippen molar-refractivity contribution in [1.82, 2.24) is 5.32 Å². The third-order valence-electron chi connectivity index (χ3n) is 3.87. The Labute approximate surface area is 91.6 Å². The van der Waals surface area contributed by atoms with Gasteiger partial charge in [-0.05, 0) is 44.7 Å². The van der Waals surface area contributed by atoms with Gasteiger partial charge >= 0.3 is 5.97 Å². The Balaban J connectivity index is 2.00. The maximum atomic E-state index is 11.8. The van der Waals surface area contributed by atoms with Crippen LogP contribution in [0.1, 0.15) is 32.6 Å². The van der Waals surface area contributed by atoms with Crippen LogP contribution in [-0.4, -0.2) is 25.7 Å². The van der Waals surface area contributed by atoms with Gasteiger partial charge in [-0.2, -0.15) is 0 Å². The number of hydrogen-bond donors (Lipinski definition) is 1. The Hall–Kier alpha value is -0.570. The van der Waals surface area contributed by atoms with Crippen LogP contribution < -0.4 is 5.32 Å². The minimum atomic E-state index is 0.0379. The van der Waals surface area contributed by atoms with Crippen molar-refractivity contribution in [3.63, 3.8) is 0 Å². The topological polar surface area (TPSA) is 38.3 Å². The van der Waals surface area contributed by atoms with Gasteiger partial charge in [0, 0.05) is 0 Å². The maximum Gasteiger partial charge on any atom is 0.309 e. The smallest absolute Gasteiger partial charge is 0.309 e. The van der Waals surface area contributed by atoms with Crippen molar-refractivity contribution in [2.45, 2.75) is 32.6 Å². The average molecular weight is 211 g/mol. The molecule has 3 heteroatoms. The summed E-state index contributed by atoms with van der Waals surface area (Å²) in [5, 5.41) is 3.40. The van der Waals surface area contributed by atoms with Crippen molar-refractivity contribution in [3.05, 3.63) is 0 Å². The normalized spacial score (nSPS) is 35.7. The SMILES string of the molecule is CCOC(=O)C1CCCC2CCNCC21. The molecule has 3 nitrogen and oxygen atoms in total. The highest BCUT2D eigenvalue weighted by atomic mass is 16.5. The molecule has 1 N–H and O–H groups in total. The van der Waals surface area contributed by atoms with Gasteiger partial charge in [0.1, 0.15) is 0 Å². The van der Waals surface area contributed by atoms with Gasteiger partial charge in [-0.3, -0.25) is 4.79 Å². The predicted octanol–water partition coefficient (Wildman–Crippen LogP) is 1.58. The Morgan fingerprint density at radius 3 is 3.07 bits per heavy atom. The quantitative estimate of drug-likeness (QED) is 0.705. The summed E-state index contributed by atoms with van der Waals surface area (Å²) in [4.78, 5) is 11.8. The first-order valence-electron chi connectivity index (χ1n) is 6.20. The van der Waals surface area contributed by atoms with E-state index in [0.29, 0.717) is 12.5 Å². The van der Waals surface area contributed by atoms with Crippen LogP contribution in [0.3, 0.4) is 0 Å². The summed E-state index contributed by atoms with van der Waals surface area (Å²) in [7, 11) is 0. The van der Waals surface area contributed by atoms with Crippen molar-refractivity contribution in [2.75, 3.05) is 19.7 Å². The summed E-state index contributed by atoms with van der Waals surface area (Å²) >= 11 is 0. The number of piperidine rings is 1. The lowest BCUT2D eigenvalue weighted by molar-refractivity contribution is -0.152. The van der Waals surface area contributed by atoms with Crippen LogP contribution in [-0.2, 0) is 9.53 Å². The van der Waals surface area contributed by atoms with Crippen LogP contribution in [0.4, 0.5) is 0 Å². The van der Waals surface area contributed by atoms with Crippen LogP contribution in [0.15, 0.2) is 0 Å². The first-order valence-corrected chi connectivity index (χ1v) is 6.20. The van der Waals surface area contributed by atoms with Crippen molar-refractivity contribution in [3.8, 4) is 0 Å². The van der Waals surface area contributed by atoms with E-state index in [1.807, 2.05) is 6.92 Å². The van der Waals surface area contributed by atoms with E-state index in [1.54, 1.807) is 0 Å². The number of nitrogens with one attached hydrogen (secondary N) is 1. The maximum absolute atomic E-state index is 11.8. The molecule has 0 radical (unpaired) electrons. The summed E-state index contributed by atoms with van der Waals surface area (Å²) in [6.45, 7) is 4.53. The molecule has 2 rings (SSSR count).